The number of nitrogen functional groups attached to an aromatic ring is 1. The van der Waals surface area contributed by atoms with Crippen molar-refractivity contribution in [1.82, 2.24) is 9.55 Å². The average Bonchev–Trinajstić information content (AvgIpc) is 2.72. The lowest BCUT2D eigenvalue weighted by molar-refractivity contribution is -0.346. The average molecular weight is 472 g/mol. The Morgan fingerprint density at radius 2 is 1.61 bits per heavy atom. The van der Waals surface area contributed by atoms with Crippen molar-refractivity contribution in [3.8, 4) is 0 Å². The first-order valence-electron chi connectivity index (χ1n) is 9.12. The fourth-order valence-electron chi connectivity index (χ4n) is 3.42. The molecule has 14 nitrogen and oxygen atoms in total. The van der Waals surface area contributed by atoms with Crippen LogP contribution in [0.3, 0.4) is 0 Å². The molecular formula is C16H26ClN3O11. The highest BCUT2D eigenvalue weighted by molar-refractivity contribution is 5.85. The quantitative estimate of drug-likeness (QED) is 0.201. The van der Waals surface area contributed by atoms with Crippen LogP contribution in [0.4, 0.5) is 5.82 Å². The van der Waals surface area contributed by atoms with Gasteiger partial charge in [-0.1, -0.05) is 0 Å². The van der Waals surface area contributed by atoms with E-state index in [1.807, 2.05) is 0 Å². The van der Waals surface area contributed by atoms with E-state index in [0.717, 1.165) is 4.57 Å². The summed E-state index contributed by atoms with van der Waals surface area (Å²) in [6.45, 7) is -1.42. The van der Waals surface area contributed by atoms with Crippen LogP contribution in [0, 0.1) is 0 Å². The standard InChI is InChI=1S/C16H25N3O11.ClH/c17-7-1-2-19(16(27)18-7)14-11(25)10(24)13(6(4-21)28-14)30-15-12(26)9(23)8(22)5(3-20)29-15;/h1-2,5-6,8-15,20-26H,3-4H2,(H2,17,18,27);1H/t5-,6-,8+,9+,10-,11-,12-,13-,14-,15+;/m1./s1. The van der Waals surface area contributed by atoms with Crippen LogP contribution in [-0.2, 0) is 14.2 Å². The van der Waals surface area contributed by atoms with Crippen LogP contribution in [0.25, 0.3) is 0 Å². The van der Waals surface area contributed by atoms with Crippen LogP contribution in [0.5, 0.6) is 0 Å². The molecule has 0 spiro atoms. The van der Waals surface area contributed by atoms with Crippen molar-refractivity contribution in [3.63, 3.8) is 0 Å². The van der Waals surface area contributed by atoms with E-state index in [1.165, 1.54) is 12.3 Å². The summed E-state index contributed by atoms with van der Waals surface area (Å²) in [5.74, 6) is -0.0652. The third-order valence-corrected chi connectivity index (χ3v) is 5.10. The second-order valence-corrected chi connectivity index (χ2v) is 7.07. The van der Waals surface area contributed by atoms with Gasteiger partial charge in [0.15, 0.2) is 12.5 Å². The highest BCUT2D eigenvalue weighted by Gasteiger charge is 2.50. The molecule has 1 aromatic rings. The van der Waals surface area contributed by atoms with Gasteiger partial charge in [-0.15, -0.1) is 12.4 Å². The Labute approximate surface area is 181 Å². The van der Waals surface area contributed by atoms with Crippen LogP contribution >= 0.6 is 12.4 Å². The highest BCUT2D eigenvalue weighted by atomic mass is 35.5. The third-order valence-electron chi connectivity index (χ3n) is 5.10. The van der Waals surface area contributed by atoms with Crippen molar-refractivity contribution < 1.29 is 50.0 Å². The van der Waals surface area contributed by atoms with Crippen LogP contribution in [0.1, 0.15) is 6.23 Å². The summed E-state index contributed by atoms with van der Waals surface area (Å²) in [5.41, 5.74) is 4.56. The van der Waals surface area contributed by atoms with E-state index in [4.69, 9.17) is 19.9 Å². The molecule has 31 heavy (non-hydrogen) atoms. The van der Waals surface area contributed by atoms with E-state index in [9.17, 15) is 40.5 Å². The van der Waals surface area contributed by atoms with Crippen LogP contribution in [-0.4, -0.2) is 114 Å². The summed E-state index contributed by atoms with van der Waals surface area (Å²) in [7, 11) is 0. The maximum Gasteiger partial charge on any atom is 0.351 e. The van der Waals surface area contributed by atoms with Crippen molar-refractivity contribution in [2.45, 2.75) is 61.3 Å². The molecule has 2 fully saturated rings. The van der Waals surface area contributed by atoms with Crippen molar-refractivity contribution in [2.24, 2.45) is 0 Å². The molecule has 15 heteroatoms. The number of aromatic nitrogens is 2. The number of anilines is 1. The smallest absolute Gasteiger partial charge is 0.351 e. The summed E-state index contributed by atoms with van der Waals surface area (Å²) >= 11 is 0. The monoisotopic (exact) mass is 471 g/mol. The number of aliphatic hydroxyl groups excluding tert-OH is 7. The molecule has 0 amide bonds. The van der Waals surface area contributed by atoms with Gasteiger partial charge in [0.05, 0.1) is 13.2 Å². The Balaban J connectivity index is 0.00000341. The summed E-state index contributed by atoms with van der Waals surface area (Å²) in [4.78, 5) is 15.5. The molecule has 0 bridgehead atoms. The maximum atomic E-state index is 12.0. The minimum absolute atomic E-state index is 0. The van der Waals surface area contributed by atoms with Crippen LogP contribution in [0.2, 0.25) is 0 Å². The topological polar surface area (TPSA) is 230 Å². The van der Waals surface area contributed by atoms with Gasteiger partial charge >= 0.3 is 5.69 Å². The maximum absolute atomic E-state index is 12.0. The van der Waals surface area contributed by atoms with Crippen molar-refractivity contribution >= 4 is 18.2 Å². The second-order valence-electron chi connectivity index (χ2n) is 7.07. The molecule has 3 heterocycles. The molecular weight excluding hydrogens is 446 g/mol. The van der Waals surface area contributed by atoms with Gasteiger partial charge in [0.1, 0.15) is 54.6 Å². The summed E-state index contributed by atoms with van der Waals surface area (Å²) in [6, 6.07) is 1.27. The summed E-state index contributed by atoms with van der Waals surface area (Å²) < 4.78 is 17.0. The largest absolute Gasteiger partial charge is 0.394 e. The predicted molar refractivity (Wildman–Crippen MR) is 102 cm³/mol. The Kier molecular flexibility index (Phi) is 8.71. The molecule has 0 unspecified atom stereocenters. The zero-order valence-corrected chi connectivity index (χ0v) is 16.8. The number of nitrogens with two attached hydrogens (primary N) is 1. The van der Waals surface area contributed by atoms with Gasteiger partial charge in [0, 0.05) is 6.20 Å². The number of ether oxygens (including phenoxy) is 3. The SMILES string of the molecule is Cl.Nc1ccn([C@@H]2O[C@H](CO)[C@@H](O[C@@H]3O[C@H](CO)[C@H](O)[C@H](O)[C@H]3O)[C@H](O)[C@H]2O)c(=O)n1. The molecule has 3 rings (SSSR count). The van der Waals surface area contributed by atoms with E-state index in [0.29, 0.717) is 0 Å². The zero-order valence-electron chi connectivity index (χ0n) is 16.0. The first kappa shape index (κ1) is 25.8. The molecule has 0 saturated carbocycles. The Morgan fingerprint density at radius 3 is 2.19 bits per heavy atom. The van der Waals surface area contributed by atoms with Crippen molar-refractivity contribution in [3.05, 3.63) is 22.7 Å². The molecule has 10 atom stereocenters. The minimum atomic E-state index is -1.77. The molecule has 2 saturated heterocycles. The van der Waals surface area contributed by atoms with Crippen LogP contribution in [0.15, 0.2) is 17.1 Å². The number of nitrogens with zero attached hydrogens (tertiary/aromatic N) is 2. The zero-order chi connectivity index (χ0) is 22.2. The summed E-state index contributed by atoms with van der Waals surface area (Å²) in [5, 5.41) is 69.7. The van der Waals surface area contributed by atoms with Gasteiger partial charge in [0.25, 0.3) is 0 Å². The van der Waals surface area contributed by atoms with Gasteiger partial charge in [0.2, 0.25) is 0 Å². The Morgan fingerprint density at radius 1 is 0.968 bits per heavy atom. The lowest BCUT2D eigenvalue weighted by atomic mass is 9.96. The van der Waals surface area contributed by atoms with Crippen molar-refractivity contribution in [2.75, 3.05) is 18.9 Å². The molecule has 0 aromatic carbocycles. The van der Waals surface area contributed by atoms with Gasteiger partial charge in [-0.3, -0.25) is 4.57 Å². The second kappa shape index (κ2) is 10.5. The lowest BCUT2D eigenvalue weighted by Crippen LogP contribution is -2.64. The number of hydrogen-bond acceptors (Lipinski definition) is 13. The van der Waals surface area contributed by atoms with Gasteiger partial charge < -0.3 is 55.7 Å². The van der Waals surface area contributed by atoms with E-state index in [-0.39, 0.29) is 18.2 Å². The molecule has 2 aliphatic heterocycles. The molecule has 0 radical (unpaired) electrons. The Bertz CT molecular complexity index is 781. The lowest BCUT2D eigenvalue weighted by Gasteiger charge is -2.46. The first-order valence-corrected chi connectivity index (χ1v) is 9.12. The van der Waals surface area contributed by atoms with E-state index in [2.05, 4.69) is 4.98 Å². The Hall–Kier alpha value is -1.43. The molecule has 9 N–H and O–H groups in total. The molecule has 178 valence electrons. The molecule has 0 aliphatic carbocycles. The predicted octanol–water partition coefficient (Wildman–Crippen LogP) is -4.96. The summed E-state index contributed by atoms with van der Waals surface area (Å²) in [6.07, 6.45) is -14.5. The number of rotatable bonds is 5. The molecule has 2 aliphatic rings. The van der Waals surface area contributed by atoms with Gasteiger partial charge in [-0.05, 0) is 6.07 Å². The van der Waals surface area contributed by atoms with Crippen molar-refractivity contribution in [1.29, 1.82) is 0 Å². The number of aliphatic hydroxyl groups is 7. The number of halogens is 1. The third kappa shape index (κ3) is 4.99. The normalized spacial score (nSPS) is 40.9. The van der Waals surface area contributed by atoms with E-state index < -0.39 is 80.3 Å². The van der Waals surface area contributed by atoms with Gasteiger partial charge in [-0.2, -0.15) is 4.98 Å². The number of hydrogen-bond donors (Lipinski definition) is 8. The van der Waals surface area contributed by atoms with Gasteiger partial charge in [-0.25, -0.2) is 4.79 Å². The van der Waals surface area contributed by atoms with E-state index >= 15 is 0 Å². The van der Waals surface area contributed by atoms with Crippen LogP contribution < -0.4 is 11.4 Å². The molecule has 1 aromatic heterocycles. The fourth-order valence-corrected chi connectivity index (χ4v) is 3.42. The first-order chi connectivity index (χ1) is 14.2. The highest BCUT2D eigenvalue weighted by Crippen LogP contribution is 2.32. The van der Waals surface area contributed by atoms with E-state index in [1.54, 1.807) is 0 Å². The fraction of sp³-hybridized carbons (Fsp3) is 0.750. The minimum Gasteiger partial charge on any atom is -0.394 e.